The van der Waals surface area contributed by atoms with Crippen molar-refractivity contribution in [3.8, 4) is 16.9 Å². The third-order valence-electron chi connectivity index (χ3n) is 3.45. The fourth-order valence-corrected chi connectivity index (χ4v) is 3.18. The molecular formula is C16H18N4S. The topological polar surface area (TPSA) is 42.7 Å². The third-order valence-corrected chi connectivity index (χ3v) is 4.31. The third kappa shape index (κ3) is 2.56. The van der Waals surface area contributed by atoms with Gasteiger partial charge in [0.2, 0.25) is 0 Å². The molecule has 3 aromatic rings. The van der Waals surface area contributed by atoms with Crippen molar-refractivity contribution in [1.82, 2.24) is 14.8 Å². The van der Waals surface area contributed by atoms with Gasteiger partial charge in [-0.3, -0.25) is 0 Å². The van der Waals surface area contributed by atoms with Crippen LogP contribution in [0.5, 0.6) is 0 Å². The van der Waals surface area contributed by atoms with Crippen LogP contribution < -0.4 is 5.32 Å². The Balaban J connectivity index is 2.06. The highest BCUT2D eigenvalue weighted by molar-refractivity contribution is 7.14. The number of hydrogen-bond donors (Lipinski definition) is 1. The summed E-state index contributed by atoms with van der Waals surface area (Å²) in [7, 11) is 1.88. The van der Waals surface area contributed by atoms with Crippen LogP contribution in [0, 0.1) is 20.8 Å². The van der Waals surface area contributed by atoms with E-state index in [9.17, 15) is 0 Å². The van der Waals surface area contributed by atoms with Crippen molar-refractivity contribution in [2.24, 2.45) is 0 Å². The van der Waals surface area contributed by atoms with E-state index in [4.69, 9.17) is 0 Å². The second kappa shape index (κ2) is 5.33. The normalized spacial score (nSPS) is 10.9. The lowest BCUT2D eigenvalue weighted by Crippen LogP contribution is -2.00. The molecule has 0 aliphatic heterocycles. The van der Waals surface area contributed by atoms with E-state index in [0.29, 0.717) is 0 Å². The van der Waals surface area contributed by atoms with Crippen molar-refractivity contribution in [1.29, 1.82) is 0 Å². The van der Waals surface area contributed by atoms with Crippen LogP contribution in [0.1, 0.15) is 16.8 Å². The van der Waals surface area contributed by atoms with Gasteiger partial charge in [-0.2, -0.15) is 5.10 Å². The Morgan fingerprint density at radius 3 is 2.43 bits per heavy atom. The molecule has 1 N–H and O–H groups in total. The van der Waals surface area contributed by atoms with Gasteiger partial charge in [0.1, 0.15) is 0 Å². The first-order valence-electron chi connectivity index (χ1n) is 6.85. The van der Waals surface area contributed by atoms with Gasteiger partial charge in [0.15, 0.2) is 5.13 Å². The summed E-state index contributed by atoms with van der Waals surface area (Å²) in [5.41, 5.74) is 6.73. The molecule has 0 unspecified atom stereocenters. The maximum absolute atomic E-state index is 4.56. The maximum Gasteiger partial charge on any atom is 0.182 e. The van der Waals surface area contributed by atoms with E-state index in [1.165, 1.54) is 11.1 Å². The Morgan fingerprint density at radius 2 is 1.81 bits per heavy atom. The van der Waals surface area contributed by atoms with E-state index in [2.05, 4.69) is 59.7 Å². The van der Waals surface area contributed by atoms with E-state index in [1.807, 2.05) is 17.9 Å². The van der Waals surface area contributed by atoms with Gasteiger partial charge in [0.05, 0.1) is 23.3 Å². The van der Waals surface area contributed by atoms with Gasteiger partial charge in [-0.1, -0.05) is 6.07 Å². The van der Waals surface area contributed by atoms with Crippen LogP contribution in [0.4, 0.5) is 5.13 Å². The molecule has 108 valence electrons. The highest BCUT2D eigenvalue weighted by Crippen LogP contribution is 2.28. The Morgan fingerprint density at radius 1 is 1.10 bits per heavy atom. The predicted octanol–water partition coefficient (Wildman–Crippen LogP) is 3.96. The molecule has 2 aromatic heterocycles. The average molecular weight is 298 g/mol. The maximum atomic E-state index is 4.56. The predicted molar refractivity (Wildman–Crippen MR) is 88.4 cm³/mol. The average Bonchev–Trinajstić information content (AvgIpc) is 3.03. The second-order valence-electron chi connectivity index (χ2n) is 5.19. The molecular weight excluding hydrogens is 280 g/mol. The molecule has 0 bridgehead atoms. The summed E-state index contributed by atoms with van der Waals surface area (Å²) in [6.45, 7) is 6.30. The highest BCUT2D eigenvalue weighted by atomic mass is 32.1. The number of aromatic nitrogens is 3. The number of benzene rings is 1. The monoisotopic (exact) mass is 298 g/mol. The molecule has 0 aliphatic carbocycles. The lowest BCUT2D eigenvalue weighted by molar-refractivity contribution is 0.845. The first kappa shape index (κ1) is 13.8. The molecule has 3 rings (SSSR count). The molecule has 0 radical (unpaired) electrons. The fraction of sp³-hybridized carbons (Fsp3) is 0.250. The first-order valence-corrected chi connectivity index (χ1v) is 7.73. The van der Waals surface area contributed by atoms with Gasteiger partial charge < -0.3 is 5.32 Å². The standard InChI is InChI=1S/C16H18N4S/c1-10-5-11(2)7-13(6-10)20-12(3)14(8-18-20)15-9-21-16(17-4)19-15/h5-9H,1-4H3,(H,17,19). The van der Waals surface area contributed by atoms with Crippen molar-refractivity contribution in [2.75, 3.05) is 12.4 Å². The van der Waals surface area contributed by atoms with Gasteiger partial charge in [-0.05, 0) is 44.0 Å². The van der Waals surface area contributed by atoms with E-state index in [0.717, 1.165) is 27.8 Å². The Kier molecular flexibility index (Phi) is 3.51. The Bertz CT molecular complexity index is 765. The van der Waals surface area contributed by atoms with Crippen LogP contribution >= 0.6 is 11.3 Å². The van der Waals surface area contributed by atoms with Gasteiger partial charge >= 0.3 is 0 Å². The number of aryl methyl sites for hydroxylation is 2. The summed E-state index contributed by atoms with van der Waals surface area (Å²) >= 11 is 1.60. The van der Waals surface area contributed by atoms with E-state index in [-0.39, 0.29) is 0 Å². The molecule has 0 aliphatic rings. The number of nitrogens with zero attached hydrogens (tertiary/aromatic N) is 3. The van der Waals surface area contributed by atoms with Crippen LogP contribution in [0.2, 0.25) is 0 Å². The quantitative estimate of drug-likeness (QED) is 0.796. The lowest BCUT2D eigenvalue weighted by atomic mass is 10.1. The number of anilines is 1. The molecule has 0 saturated carbocycles. The summed E-state index contributed by atoms with van der Waals surface area (Å²) in [5.74, 6) is 0. The number of hydrogen-bond acceptors (Lipinski definition) is 4. The summed E-state index contributed by atoms with van der Waals surface area (Å²) < 4.78 is 1.98. The molecule has 2 heterocycles. The number of thiazole rings is 1. The molecule has 0 fully saturated rings. The van der Waals surface area contributed by atoms with Crippen molar-refractivity contribution in [3.63, 3.8) is 0 Å². The Labute approximate surface area is 128 Å². The van der Waals surface area contributed by atoms with E-state index in [1.54, 1.807) is 11.3 Å². The SMILES string of the molecule is CNc1nc(-c2cnn(-c3cc(C)cc(C)c3)c2C)cs1. The summed E-state index contributed by atoms with van der Waals surface area (Å²) in [6.07, 6.45) is 1.89. The van der Waals surface area contributed by atoms with Crippen LogP contribution in [0.15, 0.2) is 29.8 Å². The Hall–Kier alpha value is -2.14. The molecule has 0 atom stereocenters. The molecule has 0 saturated heterocycles. The van der Waals surface area contributed by atoms with Gasteiger partial charge in [0.25, 0.3) is 0 Å². The van der Waals surface area contributed by atoms with Crippen molar-refractivity contribution in [2.45, 2.75) is 20.8 Å². The highest BCUT2D eigenvalue weighted by Gasteiger charge is 2.13. The minimum absolute atomic E-state index is 0.920. The van der Waals surface area contributed by atoms with Crippen LogP contribution in [0.3, 0.4) is 0 Å². The van der Waals surface area contributed by atoms with Crippen LogP contribution in [-0.2, 0) is 0 Å². The van der Waals surface area contributed by atoms with Crippen molar-refractivity contribution >= 4 is 16.5 Å². The lowest BCUT2D eigenvalue weighted by Gasteiger charge is -2.07. The molecule has 4 nitrogen and oxygen atoms in total. The van der Waals surface area contributed by atoms with E-state index >= 15 is 0 Å². The number of nitrogens with one attached hydrogen (secondary N) is 1. The van der Waals surface area contributed by atoms with Gasteiger partial charge in [0, 0.05) is 18.0 Å². The van der Waals surface area contributed by atoms with Crippen molar-refractivity contribution < 1.29 is 0 Å². The second-order valence-corrected chi connectivity index (χ2v) is 6.05. The largest absolute Gasteiger partial charge is 0.365 e. The zero-order chi connectivity index (χ0) is 15.0. The zero-order valence-corrected chi connectivity index (χ0v) is 13.5. The summed E-state index contributed by atoms with van der Waals surface area (Å²) in [6, 6.07) is 6.47. The molecule has 0 spiro atoms. The minimum Gasteiger partial charge on any atom is -0.365 e. The van der Waals surface area contributed by atoms with Gasteiger partial charge in [-0.25, -0.2) is 9.67 Å². The van der Waals surface area contributed by atoms with Crippen LogP contribution in [0.25, 0.3) is 16.9 Å². The smallest absolute Gasteiger partial charge is 0.182 e. The summed E-state index contributed by atoms with van der Waals surface area (Å²) in [4.78, 5) is 4.56. The van der Waals surface area contributed by atoms with Crippen LogP contribution in [-0.4, -0.2) is 21.8 Å². The first-order chi connectivity index (χ1) is 10.1. The molecule has 21 heavy (non-hydrogen) atoms. The fourth-order valence-electron chi connectivity index (χ4n) is 2.51. The van der Waals surface area contributed by atoms with Crippen molar-refractivity contribution in [3.05, 3.63) is 46.6 Å². The summed E-state index contributed by atoms with van der Waals surface area (Å²) in [5, 5.41) is 10.6. The molecule has 0 amide bonds. The number of rotatable bonds is 3. The van der Waals surface area contributed by atoms with Gasteiger partial charge in [-0.15, -0.1) is 11.3 Å². The molecule has 1 aromatic carbocycles. The molecule has 5 heteroatoms. The zero-order valence-electron chi connectivity index (χ0n) is 12.6. The minimum atomic E-state index is 0.920. The van der Waals surface area contributed by atoms with E-state index < -0.39 is 0 Å².